The van der Waals surface area contributed by atoms with E-state index in [4.69, 9.17) is 0 Å². The van der Waals surface area contributed by atoms with Crippen molar-refractivity contribution in [3.8, 4) is 0 Å². The maximum Gasteiger partial charge on any atom is 0.235 e. The van der Waals surface area contributed by atoms with Gasteiger partial charge >= 0.3 is 0 Å². The fourth-order valence-corrected chi connectivity index (χ4v) is 3.07. The summed E-state index contributed by atoms with van der Waals surface area (Å²) in [6.07, 6.45) is 0. The highest BCUT2D eigenvalue weighted by Crippen LogP contribution is 2.47. The van der Waals surface area contributed by atoms with Crippen molar-refractivity contribution >= 4 is 11.6 Å². The summed E-state index contributed by atoms with van der Waals surface area (Å²) in [6, 6.07) is 6.54. The molecule has 1 aromatic rings. The van der Waals surface area contributed by atoms with Gasteiger partial charge in [0.1, 0.15) is 0 Å². The van der Waals surface area contributed by atoms with E-state index in [0.717, 1.165) is 12.2 Å². The van der Waals surface area contributed by atoms with Crippen LogP contribution < -0.4 is 4.90 Å². The van der Waals surface area contributed by atoms with Crippen LogP contribution in [0.4, 0.5) is 5.69 Å². The number of amides is 1. The second kappa shape index (κ2) is 4.61. The van der Waals surface area contributed by atoms with Crippen molar-refractivity contribution in [2.24, 2.45) is 5.41 Å². The quantitative estimate of drug-likeness (QED) is 0.738. The Morgan fingerprint density at radius 2 is 1.70 bits per heavy atom. The Bertz CT molecular complexity index is 531. The Labute approximate surface area is 123 Å². The molecule has 2 rings (SSSR count). The van der Waals surface area contributed by atoms with Gasteiger partial charge in [-0.15, -0.1) is 0 Å². The molecule has 0 radical (unpaired) electrons. The van der Waals surface area contributed by atoms with E-state index in [2.05, 4.69) is 59.7 Å². The van der Waals surface area contributed by atoms with Crippen LogP contribution in [-0.4, -0.2) is 12.5 Å². The van der Waals surface area contributed by atoms with Crippen LogP contribution in [0.3, 0.4) is 0 Å². The number of fused-ring (bicyclic) bond motifs is 1. The third-order valence-electron chi connectivity index (χ3n) is 4.19. The van der Waals surface area contributed by atoms with E-state index >= 15 is 0 Å². The van der Waals surface area contributed by atoms with Crippen LogP contribution in [0.15, 0.2) is 18.2 Å². The summed E-state index contributed by atoms with van der Waals surface area (Å²) in [5.41, 5.74) is 3.67. The van der Waals surface area contributed by atoms with Gasteiger partial charge in [0.05, 0.1) is 5.92 Å². The lowest BCUT2D eigenvalue weighted by Crippen LogP contribution is -2.33. The minimum absolute atomic E-state index is 0.0280. The smallest absolute Gasteiger partial charge is 0.235 e. The van der Waals surface area contributed by atoms with Crippen molar-refractivity contribution in [1.29, 1.82) is 0 Å². The first kappa shape index (κ1) is 15.1. The lowest BCUT2D eigenvalue weighted by molar-refractivity contribution is -0.121. The SMILES string of the molecule is CCN1C(=O)C(C(C)(C)C)c2cc(C(C)(C)C)ccc21. The standard InChI is InChI=1S/C18H27NO/c1-8-19-14-10-9-12(17(2,3)4)11-13(14)15(16(19)20)18(5,6)7/h9-11,15H,8H2,1-7H3. The molecule has 0 aliphatic carbocycles. The molecule has 0 bridgehead atoms. The lowest BCUT2D eigenvalue weighted by atomic mass is 9.75. The number of carbonyl (C=O) groups is 1. The van der Waals surface area contributed by atoms with Crippen molar-refractivity contribution in [3.05, 3.63) is 29.3 Å². The molecule has 1 unspecified atom stereocenters. The first-order chi connectivity index (χ1) is 9.07. The number of hydrogen-bond donors (Lipinski definition) is 0. The van der Waals surface area contributed by atoms with Crippen LogP contribution >= 0.6 is 0 Å². The highest BCUT2D eigenvalue weighted by Gasteiger charge is 2.43. The Balaban J connectivity index is 2.62. The van der Waals surface area contributed by atoms with Crippen LogP contribution in [0.25, 0.3) is 0 Å². The van der Waals surface area contributed by atoms with Gasteiger partial charge in [-0.3, -0.25) is 4.79 Å². The van der Waals surface area contributed by atoms with Crippen LogP contribution in [0, 0.1) is 5.41 Å². The molecule has 1 aliphatic heterocycles. The van der Waals surface area contributed by atoms with Gasteiger partial charge in [0.2, 0.25) is 5.91 Å². The Morgan fingerprint density at radius 3 is 2.15 bits per heavy atom. The van der Waals surface area contributed by atoms with Crippen molar-refractivity contribution in [2.75, 3.05) is 11.4 Å². The zero-order valence-corrected chi connectivity index (χ0v) is 13.9. The van der Waals surface area contributed by atoms with E-state index in [-0.39, 0.29) is 22.7 Å². The summed E-state index contributed by atoms with van der Waals surface area (Å²) in [4.78, 5) is 14.7. The third kappa shape index (κ3) is 2.36. The van der Waals surface area contributed by atoms with E-state index in [1.54, 1.807) is 0 Å². The second-order valence-corrected chi connectivity index (χ2v) is 7.91. The van der Waals surface area contributed by atoms with Crippen molar-refractivity contribution in [2.45, 2.75) is 59.8 Å². The molecule has 0 saturated heterocycles. The Kier molecular flexibility index (Phi) is 3.48. The zero-order valence-electron chi connectivity index (χ0n) is 13.9. The lowest BCUT2D eigenvalue weighted by Gasteiger charge is -2.27. The molecule has 2 heteroatoms. The van der Waals surface area contributed by atoms with Crippen LogP contribution in [-0.2, 0) is 10.2 Å². The predicted molar refractivity (Wildman–Crippen MR) is 85.4 cm³/mol. The first-order valence-electron chi connectivity index (χ1n) is 7.53. The molecule has 0 saturated carbocycles. The first-order valence-corrected chi connectivity index (χ1v) is 7.53. The summed E-state index contributed by atoms with van der Waals surface area (Å²) >= 11 is 0. The van der Waals surface area contributed by atoms with E-state index in [1.807, 2.05) is 11.8 Å². The molecule has 1 heterocycles. The van der Waals surface area contributed by atoms with E-state index < -0.39 is 0 Å². The van der Waals surface area contributed by atoms with E-state index in [1.165, 1.54) is 11.1 Å². The second-order valence-electron chi connectivity index (χ2n) is 7.91. The zero-order chi connectivity index (χ0) is 15.3. The molecule has 0 fully saturated rings. The van der Waals surface area contributed by atoms with Gasteiger partial charge in [0.15, 0.2) is 0 Å². The highest BCUT2D eigenvalue weighted by atomic mass is 16.2. The number of likely N-dealkylation sites (N-methyl/N-ethyl adjacent to an activating group) is 1. The molecule has 0 spiro atoms. The molecule has 0 aromatic heterocycles. The predicted octanol–water partition coefficient (Wildman–Crippen LogP) is 4.48. The van der Waals surface area contributed by atoms with Gasteiger partial charge in [-0.1, -0.05) is 53.7 Å². The van der Waals surface area contributed by atoms with Gasteiger partial charge in [0, 0.05) is 12.2 Å². The van der Waals surface area contributed by atoms with Crippen molar-refractivity contribution in [1.82, 2.24) is 0 Å². The number of anilines is 1. The van der Waals surface area contributed by atoms with Crippen molar-refractivity contribution in [3.63, 3.8) is 0 Å². The average molecular weight is 273 g/mol. The molecule has 1 atom stereocenters. The summed E-state index contributed by atoms with van der Waals surface area (Å²) < 4.78 is 0. The number of rotatable bonds is 1. The molecular weight excluding hydrogens is 246 g/mol. The molecule has 0 N–H and O–H groups in total. The highest BCUT2D eigenvalue weighted by molar-refractivity contribution is 6.05. The molecular formula is C18H27NO. The van der Waals surface area contributed by atoms with E-state index in [9.17, 15) is 4.79 Å². The molecule has 1 aliphatic rings. The average Bonchev–Trinajstić information content (AvgIpc) is 2.57. The van der Waals surface area contributed by atoms with Gasteiger partial charge in [-0.25, -0.2) is 0 Å². The summed E-state index contributed by atoms with van der Waals surface area (Å²) in [7, 11) is 0. The van der Waals surface area contributed by atoms with Crippen molar-refractivity contribution < 1.29 is 4.79 Å². The molecule has 1 amide bonds. The summed E-state index contributed by atoms with van der Waals surface area (Å²) in [5, 5.41) is 0. The fraction of sp³-hybridized carbons (Fsp3) is 0.611. The topological polar surface area (TPSA) is 20.3 Å². The Morgan fingerprint density at radius 1 is 1.10 bits per heavy atom. The van der Waals surface area contributed by atoms with Crippen LogP contribution in [0.2, 0.25) is 0 Å². The van der Waals surface area contributed by atoms with Gasteiger partial charge in [-0.2, -0.15) is 0 Å². The largest absolute Gasteiger partial charge is 0.312 e. The Hall–Kier alpha value is -1.31. The molecule has 1 aromatic carbocycles. The maximum atomic E-state index is 12.7. The maximum absolute atomic E-state index is 12.7. The van der Waals surface area contributed by atoms with Gasteiger partial charge in [-0.05, 0) is 34.9 Å². The van der Waals surface area contributed by atoms with Gasteiger partial charge in [0.25, 0.3) is 0 Å². The molecule has 110 valence electrons. The summed E-state index contributed by atoms with van der Waals surface area (Å²) in [5.74, 6) is 0.223. The number of hydrogen-bond acceptors (Lipinski definition) is 1. The fourth-order valence-electron chi connectivity index (χ4n) is 3.07. The molecule has 20 heavy (non-hydrogen) atoms. The minimum atomic E-state index is -0.0493. The van der Waals surface area contributed by atoms with E-state index in [0.29, 0.717) is 0 Å². The number of carbonyl (C=O) groups excluding carboxylic acids is 1. The van der Waals surface area contributed by atoms with Crippen LogP contribution in [0.5, 0.6) is 0 Å². The summed E-state index contributed by atoms with van der Waals surface area (Å²) in [6.45, 7) is 15.9. The van der Waals surface area contributed by atoms with Crippen LogP contribution in [0.1, 0.15) is 65.5 Å². The molecule has 2 nitrogen and oxygen atoms in total. The monoisotopic (exact) mass is 273 g/mol. The normalized spacial score (nSPS) is 19.4. The number of benzene rings is 1. The minimum Gasteiger partial charge on any atom is -0.312 e. The van der Waals surface area contributed by atoms with Gasteiger partial charge < -0.3 is 4.90 Å². The third-order valence-corrected chi connectivity index (χ3v) is 4.19. The number of nitrogens with zero attached hydrogens (tertiary/aromatic N) is 1.